The first-order valence-electron chi connectivity index (χ1n) is 9.94. The number of carbonyl (C=O) groups is 1. The molecular weight excluding hydrogens is 378 g/mol. The van der Waals surface area contributed by atoms with E-state index in [4.69, 9.17) is 0 Å². The first-order chi connectivity index (χ1) is 14.6. The molecule has 0 aliphatic carbocycles. The number of hydrogen-bond donors (Lipinski definition) is 1. The summed E-state index contributed by atoms with van der Waals surface area (Å²) < 4.78 is 0. The highest BCUT2D eigenvalue weighted by Gasteiger charge is 2.67. The van der Waals surface area contributed by atoms with Crippen LogP contribution in [0, 0.1) is 10.1 Å². The molecule has 3 unspecified atom stereocenters. The fourth-order valence-corrected chi connectivity index (χ4v) is 5.19. The summed E-state index contributed by atoms with van der Waals surface area (Å²) in [5, 5.41) is 15.9. The zero-order valence-corrected chi connectivity index (χ0v) is 16.4. The van der Waals surface area contributed by atoms with E-state index in [0.29, 0.717) is 0 Å². The number of likely N-dealkylation sites (N-methyl/N-ethyl adjacent to an activating group) is 1. The number of nitrogens with one attached hydrogen (secondary N) is 1. The maximum atomic E-state index is 13.8. The highest BCUT2D eigenvalue weighted by atomic mass is 16.6. The van der Waals surface area contributed by atoms with E-state index >= 15 is 0 Å². The molecule has 2 aliphatic rings. The minimum absolute atomic E-state index is 0.164. The van der Waals surface area contributed by atoms with E-state index in [2.05, 4.69) is 5.32 Å². The number of carbonyl (C=O) groups excluding carboxylic acids is 1. The Morgan fingerprint density at radius 1 is 0.900 bits per heavy atom. The van der Waals surface area contributed by atoms with Crippen molar-refractivity contribution in [1.82, 2.24) is 5.32 Å². The summed E-state index contributed by atoms with van der Waals surface area (Å²) in [7, 11) is 1.73. The normalized spacial score (nSPS) is 27.4. The molecule has 1 N–H and O–H groups in total. The van der Waals surface area contributed by atoms with Gasteiger partial charge in [-0.3, -0.25) is 20.2 Å². The molecule has 0 saturated carbocycles. The van der Waals surface area contributed by atoms with E-state index in [1.165, 1.54) is 0 Å². The van der Waals surface area contributed by atoms with Crippen molar-refractivity contribution in [2.75, 3.05) is 11.9 Å². The van der Waals surface area contributed by atoms with Gasteiger partial charge in [-0.25, -0.2) is 0 Å². The van der Waals surface area contributed by atoms with Crippen molar-refractivity contribution >= 4 is 11.6 Å². The van der Waals surface area contributed by atoms with Gasteiger partial charge in [-0.15, -0.1) is 0 Å². The Balaban J connectivity index is 1.80. The van der Waals surface area contributed by atoms with Gasteiger partial charge < -0.3 is 4.90 Å². The van der Waals surface area contributed by atoms with Gasteiger partial charge in [0.25, 0.3) is 5.91 Å². The fraction of sp³-hybridized carbons (Fsp3) is 0.208. The standard InChI is InChI=1S/C24H21N3O3/c1-26-19-15-9-8-14-18(19)24(23(26)28)20(16-10-4-2-5-11-16)22(27(29)30)21(25-24)17-12-6-3-7-13-17/h2-15,20-22,25H,1H3/t20?,21?,22?,24-/m1/s1. The van der Waals surface area contributed by atoms with Crippen molar-refractivity contribution in [2.24, 2.45) is 0 Å². The van der Waals surface area contributed by atoms with E-state index < -0.39 is 23.5 Å². The molecule has 2 heterocycles. The molecule has 0 aromatic heterocycles. The van der Waals surface area contributed by atoms with E-state index in [9.17, 15) is 14.9 Å². The second-order valence-corrected chi connectivity index (χ2v) is 7.89. The molecule has 1 fully saturated rings. The van der Waals surface area contributed by atoms with E-state index in [1.54, 1.807) is 11.9 Å². The van der Waals surface area contributed by atoms with Crippen molar-refractivity contribution in [1.29, 1.82) is 0 Å². The summed E-state index contributed by atoms with van der Waals surface area (Å²) in [5.74, 6) is -0.819. The van der Waals surface area contributed by atoms with Crippen LogP contribution in [0.5, 0.6) is 0 Å². The van der Waals surface area contributed by atoms with Gasteiger partial charge in [-0.2, -0.15) is 0 Å². The summed E-state index contributed by atoms with van der Waals surface area (Å²) >= 11 is 0. The van der Waals surface area contributed by atoms with Crippen LogP contribution in [0.15, 0.2) is 84.9 Å². The first-order valence-corrected chi connectivity index (χ1v) is 9.94. The molecule has 0 radical (unpaired) electrons. The largest absolute Gasteiger partial charge is 0.313 e. The molecule has 1 spiro atoms. The summed E-state index contributed by atoms with van der Waals surface area (Å²) in [6.45, 7) is 0. The molecule has 1 saturated heterocycles. The van der Waals surface area contributed by atoms with Crippen LogP contribution >= 0.6 is 0 Å². The Labute approximate surface area is 174 Å². The maximum absolute atomic E-state index is 13.8. The average molecular weight is 399 g/mol. The van der Waals surface area contributed by atoms with Crippen LogP contribution in [-0.4, -0.2) is 23.9 Å². The lowest BCUT2D eigenvalue weighted by molar-refractivity contribution is -0.527. The average Bonchev–Trinajstić information content (AvgIpc) is 3.25. The van der Waals surface area contributed by atoms with Gasteiger partial charge >= 0.3 is 0 Å². The molecule has 4 atom stereocenters. The van der Waals surface area contributed by atoms with E-state index in [0.717, 1.165) is 22.4 Å². The third-order valence-electron chi connectivity index (χ3n) is 6.43. The van der Waals surface area contributed by atoms with Crippen LogP contribution in [-0.2, 0) is 10.3 Å². The third kappa shape index (κ3) is 2.44. The zero-order valence-electron chi connectivity index (χ0n) is 16.4. The third-order valence-corrected chi connectivity index (χ3v) is 6.43. The van der Waals surface area contributed by atoms with E-state index in [1.807, 2.05) is 84.9 Å². The van der Waals surface area contributed by atoms with Gasteiger partial charge in [-0.05, 0) is 17.2 Å². The van der Waals surface area contributed by atoms with Crippen LogP contribution in [0.1, 0.15) is 28.7 Å². The monoisotopic (exact) mass is 399 g/mol. The Hall–Kier alpha value is -3.51. The smallest absolute Gasteiger partial charge is 0.252 e. The minimum Gasteiger partial charge on any atom is -0.313 e. The Morgan fingerprint density at radius 3 is 2.10 bits per heavy atom. The summed E-state index contributed by atoms with van der Waals surface area (Å²) in [6, 6.07) is 24.7. The van der Waals surface area contributed by atoms with Crippen LogP contribution in [0.2, 0.25) is 0 Å². The minimum atomic E-state index is -1.20. The topological polar surface area (TPSA) is 75.5 Å². The lowest BCUT2D eigenvalue weighted by Gasteiger charge is -2.30. The Kier molecular flexibility index (Phi) is 4.18. The quantitative estimate of drug-likeness (QED) is 0.539. The number of amides is 1. The maximum Gasteiger partial charge on any atom is 0.252 e. The van der Waals surface area contributed by atoms with Crippen molar-refractivity contribution in [2.45, 2.75) is 23.5 Å². The van der Waals surface area contributed by atoms with E-state index in [-0.39, 0.29) is 10.8 Å². The Bertz CT molecular complexity index is 1120. The van der Waals surface area contributed by atoms with Gasteiger partial charge in [0.2, 0.25) is 6.04 Å². The summed E-state index contributed by atoms with van der Waals surface area (Å²) in [6.07, 6.45) is 0. The predicted molar refractivity (Wildman–Crippen MR) is 114 cm³/mol. The van der Waals surface area contributed by atoms with Crippen LogP contribution in [0.25, 0.3) is 0 Å². The van der Waals surface area contributed by atoms with Gasteiger partial charge in [-0.1, -0.05) is 78.9 Å². The molecule has 150 valence electrons. The fourth-order valence-electron chi connectivity index (χ4n) is 5.19. The van der Waals surface area contributed by atoms with Gasteiger partial charge in [0.1, 0.15) is 11.6 Å². The number of para-hydroxylation sites is 1. The second kappa shape index (κ2) is 6.78. The molecule has 30 heavy (non-hydrogen) atoms. The van der Waals surface area contributed by atoms with Gasteiger partial charge in [0.05, 0.1) is 5.92 Å². The van der Waals surface area contributed by atoms with Crippen molar-refractivity contribution < 1.29 is 9.72 Å². The van der Waals surface area contributed by atoms with Gasteiger partial charge in [0, 0.05) is 23.2 Å². The lowest BCUT2D eigenvalue weighted by Crippen LogP contribution is -2.50. The number of hydrogen-bond acceptors (Lipinski definition) is 4. The molecule has 0 bridgehead atoms. The Morgan fingerprint density at radius 2 is 1.47 bits per heavy atom. The molecule has 6 heteroatoms. The molecule has 3 aromatic carbocycles. The van der Waals surface area contributed by atoms with Crippen molar-refractivity contribution in [3.05, 3.63) is 112 Å². The summed E-state index contributed by atoms with van der Waals surface area (Å²) in [4.78, 5) is 27.6. The van der Waals surface area contributed by atoms with Crippen LogP contribution < -0.4 is 10.2 Å². The zero-order chi connectivity index (χ0) is 20.9. The number of fused-ring (bicyclic) bond motifs is 2. The number of nitrogens with zero attached hydrogens (tertiary/aromatic N) is 2. The second-order valence-electron chi connectivity index (χ2n) is 7.89. The molecule has 3 aromatic rings. The van der Waals surface area contributed by atoms with Gasteiger partial charge in [0.15, 0.2) is 0 Å². The van der Waals surface area contributed by atoms with Crippen LogP contribution in [0.3, 0.4) is 0 Å². The van der Waals surface area contributed by atoms with Crippen molar-refractivity contribution in [3.8, 4) is 0 Å². The molecule has 2 aliphatic heterocycles. The number of nitro groups is 1. The molecule has 5 rings (SSSR count). The number of rotatable bonds is 3. The first kappa shape index (κ1) is 18.5. The molecule has 1 amide bonds. The summed E-state index contributed by atoms with van der Waals surface area (Å²) in [5.41, 5.74) is 1.95. The molecular formula is C24H21N3O3. The SMILES string of the molecule is CN1C(=O)[C@@]2(NC(c3ccccc3)C([N+](=O)[O-])C2c2ccccc2)c2ccccc21. The highest BCUT2D eigenvalue weighted by molar-refractivity contribution is 6.08. The van der Waals surface area contributed by atoms with Crippen molar-refractivity contribution in [3.63, 3.8) is 0 Å². The lowest BCUT2D eigenvalue weighted by atomic mass is 9.74. The van der Waals surface area contributed by atoms with Crippen LogP contribution in [0.4, 0.5) is 5.69 Å². The highest BCUT2D eigenvalue weighted by Crippen LogP contribution is 2.56. The predicted octanol–water partition coefficient (Wildman–Crippen LogP) is 3.63. The number of anilines is 1. The molecule has 6 nitrogen and oxygen atoms in total. The number of benzene rings is 3.